The maximum atomic E-state index is 15.0. The van der Waals surface area contributed by atoms with Crippen LogP contribution < -0.4 is 20.1 Å². The first-order valence-corrected chi connectivity index (χ1v) is 23.0. The van der Waals surface area contributed by atoms with E-state index in [4.69, 9.17) is 14.1 Å². The number of nitrogens with one attached hydrogen (secondary N) is 3. The molecule has 0 spiro atoms. The molecule has 3 N–H and O–H groups in total. The number of anilines is 1. The Balaban J connectivity index is 1.15. The number of sulfonamides is 1. The summed E-state index contributed by atoms with van der Waals surface area (Å²) in [4.78, 5) is 58.7. The van der Waals surface area contributed by atoms with E-state index in [2.05, 4.69) is 31.9 Å². The first kappa shape index (κ1) is 44.1. The number of ether oxygens (including phenoxy) is 1. The third kappa shape index (κ3) is 8.73. The van der Waals surface area contributed by atoms with Crippen LogP contribution in [0.15, 0.2) is 71.0 Å². The number of aromatic nitrogens is 3. The fraction of sp³-hybridized carbons (Fsp3) is 0.455. The summed E-state index contributed by atoms with van der Waals surface area (Å²) >= 11 is 1.35. The van der Waals surface area contributed by atoms with Crippen molar-refractivity contribution in [2.75, 3.05) is 11.9 Å². The van der Waals surface area contributed by atoms with Gasteiger partial charge in [0.05, 0.1) is 23.1 Å². The van der Waals surface area contributed by atoms with Crippen molar-refractivity contribution in [1.29, 1.82) is 0 Å². The highest BCUT2D eigenvalue weighted by Gasteiger charge is 2.62. The largest absolute Gasteiger partial charge is 0.470 e. The van der Waals surface area contributed by atoms with Gasteiger partial charge in [0.2, 0.25) is 27.4 Å². The third-order valence-corrected chi connectivity index (χ3v) is 14.3. The molecule has 2 saturated carbocycles. The monoisotopic (exact) mass is 907 g/mol. The second kappa shape index (κ2) is 15.6. The van der Waals surface area contributed by atoms with Gasteiger partial charge in [0.25, 0.3) is 11.8 Å². The normalized spacial score (nSPS) is 22.2. The smallest absolute Gasteiger partial charge is 0.416 e. The van der Waals surface area contributed by atoms with Gasteiger partial charge in [0.15, 0.2) is 11.0 Å². The first-order valence-electron chi connectivity index (χ1n) is 20.6. The van der Waals surface area contributed by atoms with Crippen LogP contribution in [-0.4, -0.2) is 81.5 Å². The summed E-state index contributed by atoms with van der Waals surface area (Å²) in [5.41, 5.74) is -1.44. The van der Waals surface area contributed by atoms with Gasteiger partial charge in [0, 0.05) is 34.1 Å². The van der Waals surface area contributed by atoms with Crippen LogP contribution in [0, 0.1) is 11.3 Å². The second-order valence-electron chi connectivity index (χ2n) is 18.6. The minimum absolute atomic E-state index is 0.0476. The van der Waals surface area contributed by atoms with Gasteiger partial charge in [-0.2, -0.15) is 18.2 Å². The van der Waals surface area contributed by atoms with Gasteiger partial charge in [-0.1, -0.05) is 71.9 Å². The van der Waals surface area contributed by atoms with Crippen molar-refractivity contribution in [3.8, 4) is 17.3 Å². The number of fused-ring (bicyclic) bond motifs is 3. The van der Waals surface area contributed by atoms with Crippen LogP contribution in [0.5, 0.6) is 5.88 Å². The van der Waals surface area contributed by atoms with Crippen molar-refractivity contribution < 1.29 is 45.1 Å². The summed E-state index contributed by atoms with van der Waals surface area (Å²) in [6.07, 6.45) is -3.15. The molecule has 0 unspecified atom stereocenters. The van der Waals surface area contributed by atoms with E-state index in [-0.39, 0.29) is 47.7 Å². The van der Waals surface area contributed by atoms with Gasteiger partial charge >= 0.3 is 6.18 Å². The van der Waals surface area contributed by atoms with Crippen LogP contribution >= 0.6 is 11.3 Å². The zero-order chi connectivity index (χ0) is 45.4. The van der Waals surface area contributed by atoms with E-state index >= 15 is 0 Å². The molecule has 334 valence electrons. The molecule has 3 amide bonds. The lowest BCUT2D eigenvalue weighted by molar-refractivity contribution is -0.141. The van der Waals surface area contributed by atoms with Crippen molar-refractivity contribution in [3.05, 3.63) is 77.8 Å². The molecule has 1 saturated heterocycles. The van der Waals surface area contributed by atoms with Crippen LogP contribution in [0.3, 0.4) is 0 Å². The summed E-state index contributed by atoms with van der Waals surface area (Å²) < 4.78 is 81.1. The number of likely N-dealkylation sites (tertiary alicyclic amines) is 1. The van der Waals surface area contributed by atoms with Crippen molar-refractivity contribution in [1.82, 2.24) is 29.9 Å². The molecule has 5 atom stereocenters. The van der Waals surface area contributed by atoms with E-state index in [0.29, 0.717) is 34.5 Å². The number of furan rings is 1. The maximum Gasteiger partial charge on any atom is 0.416 e. The van der Waals surface area contributed by atoms with Gasteiger partial charge in [0.1, 0.15) is 34.8 Å². The van der Waals surface area contributed by atoms with Gasteiger partial charge in [-0.3, -0.25) is 19.1 Å². The fourth-order valence-corrected chi connectivity index (χ4v) is 10.1. The summed E-state index contributed by atoms with van der Waals surface area (Å²) in [6.45, 7) is 15.4. The summed E-state index contributed by atoms with van der Waals surface area (Å²) in [7, 11) is -3.96. The van der Waals surface area contributed by atoms with E-state index in [9.17, 15) is 36.0 Å². The fourth-order valence-electron chi connectivity index (χ4n) is 7.76. The van der Waals surface area contributed by atoms with E-state index < -0.39 is 79.8 Å². The van der Waals surface area contributed by atoms with Gasteiger partial charge in [-0.05, 0) is 48.9 Å². The summed E-state index contributed by atoms with van der Waals surface area (Å²) in [6, 6.07) is 9.27. The van der Waals surface area contributed by atoms with E-state index in [1.54, 1.807) is 24.3 Å². The molecule has 3 fully saturated rings. The van der Waals surface area contributed by atoms with Gasteiger partial charge in [-0.25, -0.2) is 18.4 Å². The number of halogens is 3. The molecule has 1 aliphatic heterocycles. The molecule has 8 rings (SSSR count). The van der Waals surface area contributed by atoms with Crippen LogP contribution in [0.4, 0.5) is 18.3 Å². The minimum atomic E-state index is -4.56. The quantitative estimate of drug-likeness (QED) is 0.106. The zero-order valence-corrected chi connectivity index (χ0v) is 37.1. The number of benzene rings is 2. The van der Waals surface area contributed by atoms with Gasteiger partial charge in [-0.15, -0.1) is 17.9 Å². The van der Waals surface area contributed by atoms with Crippen molar-refractivity contribution in [2.24, 2.45) is 11.3 Å². The lowest BCUT2D eigenvalue weighted by Crippen LogP contribution is -2.58. The van der Waals surface area contributed by atoms with E-state index in [1.807, 2.05) is 46.9 Å². The Kier molecular flexibility index (Phi) is 10.9. The highest BCUT2D eigenvalue weighted by molar-refractivity contribution is 7.91. The molecular formula is C44H48F3N7O7S2. The lowest BCUT2D eigenvalue weighted by Gasteiger charge is -2.35. The van der Waals surface area contributed by atoms with Crippen LogP contribution in [-0.2, 0) is 36.0 Å². The molecule has 3 aromatic heterocycles. The molecule has 19 heteroatoms. The third-order valence-electron chi connectivity index (χ3n) is 11.7. The van der Waals surface area contributed by atoms with Crippen molar-refractivity contribution in [3.63, 3.8) is 0 Å². The standard InChI is InChI=1S/C44H48F3N7O7S2/c1-8-24-20-43(24,39(57)53-63(58,59)27-17-18-27)52-36(55)29-19-26(21-54(29)38(56)34(42(5,6)7)50-40-48-31(22-62-40)41(2,3)4)60-37-33-32(28-11-9-10-12-30(28)61-33)49-35(51-37)23-13-15-25(16-14-23)44(45,46)47/h8-16,22,24,26-27,29,34H,1,17-21H2,2-7H3,(H,48,50)(H,52,55)(H,53,57)/t24-,26-,29+,34-,43-/m1/s1. The molecule has 3 aliphatic rings. The molecule has 63 heavy (non-hydrogen) atoms. The number of amides is 3. The number of alkyl halides is 3. The van der Waals surface area contributed by atoms with Gasteiger partial charge < -0.3 is 24.7 Å². The Morgan fingerprint density at radius 2 is 1.71 bits per heavy atom. The number of para-hydroxylation sites is 1. The number of carbonyl (C=O) groups excluding carboxylic acids is 3. The lowest BCUT2D eigenvalue weighted by atomic mass is 9.85. The SMILES string of the molecule is C=C[C@@H]1C[C@]1(NC(=O)[C@@H]1C[C@@H](Oc2nc(-c3ccc(C(F)(F)F)cc3)nc3c2oc2ccccc23)CN1C(=O)[C@@H](Nc1nc(C(C)(C)C)cs1)C(C)(C)C)C(=O)NS(=O)(=O)C1CC1. The Morgan fingerprint density at radius 1 is 1.02 bits per heavy atom. The van der Waals surface area contributed by atoms with Crippen molar-refractivity contribution in [2.45, 2.75) is 108 Å². The molecule has 5 aromatic rings. The molecular weight excluding hydrogens is 860 g/mol. The predicted molar refractivity (Wildman–Crippen MR) is 231 cm³/mol. The topological polar surface area (TPSA) is 186 Å². The predicted octanol–water partition coefficient (Wildman–Crippen LogP) is 7.36. The summed E-state index contributed by atoms with van der Waals surface area (Å²) in [5, 5.41) is 8.46. The first-order chi connectivity index (χ1) is 29.5. The number of hydrogen-bond acceptors (Lipinski definition) is 12. The molecule has 0 bridgehead atoms. The molecule has 2 aliphatic carbocycles. The Morgan fingerprint density at radius 3 is 2.32 bits per heavy atom. The second-order valence-corrected chi connectivity index (χ2v) is 21.4. The number of nitrogens with zero attached hydrogens (tertiary/aromatic N) is 4. The zero-order valence-electron chi connectivity index (χ0n) is 35.5. The highest BCUT2D eigenvalue weighted by Crippen LogP contribution is 2.46. The summed E-state index contributed by atoms with van der Waals surface area (Å²) in [5.74, 6) is -2.65. The molecule has 2 aromatic carbocycles. The van der Waals surface area contributed by atoms with Crippen LogP contribution in [0.25, 0.3) is 33.5 Å². The number of hydrogen-bond donors (Lipinski definition) is 3. The number of rotatable bonds is 12. The van der Waals surface area contributed by atoms with Crippen LogP contribution in [0.2, 0.25) is 0 Å². The number of thiazole rings is 1. The Hall–Kier alpha value is -5.56. The van der Waals surface area contributed by atoms with E-state index in [0.717, 1.165) is 17.8 Å². The average Bonchev–Trinajstić information content (AvgIpc) is 4.04. The Labute approximate surface area is 366 Å². The molecule has 4 heterocycles. The minimum Gasteiger partial charge on any atom is -0.470 e. The van der Waals surface area contributed by atoms with Crippen molar-refractivity contribution >= 4 is 66.3 Å². The Bertz CT molecular complexity index is 2740. The maximum absolute atomic E-state index is 15.0. The number of carbonyl (C=O) groups is 3. The van der Waals surface area contributed by atoms with E-state index in [1.165, 1.54) is 34.4 Å². The molecule has 0 radical (unpaired) electrons. The van der Waals surface area contributed by atoms with Crippen LogP contribution in [0.1, 0.15) is 78.5 Å². The average molecular weight is 908 g/mol. The molecule has 14 nitrogen and oxygen atoms in total. The highest BCUT2D eigenvalue weighted by atomic mass is 32.2.